The van der Waals surface area contributed by atoms with Crippen LogP contribution in [0.2, 0.25) is 0 Å². The number of ether oxygens (including phenoxy) is 1. The van der Waals surface area contributed by atoms with Gasteiger partial charge in [0.15, 0.2) is 0 Å². The van der Waals surface area contributed by atoms with Crippen molar-refractivity contribution in [3.05, 3.63) is 35.4 Å². The lowest BCUT2D eigenvalue weighted by molar-refractivity contribution is 0.00724. The van der Waals surface area contributed by atoms with Crippen LogP contribution in [-0.2, 0) is 11.3 Å². The Balaban J connectivity index is 2.05. The van der Waals surface area contributed by atoms with Gasteiger partial charge in [-0.3, -0.25) is 4.79 Å². The number of rotatable bonds is 4. The summed E-state index contributed by atoms with van der Waals surface area (Å²) in [6.07, 6.45) is 2.23. The molecule has 1 aromatic rings. The van der Waals surface area contributed by atoms with Crippen molar-refractivity contribution in [2.24, 2.45) is 5.73 Å². The molecule has 0 radical (unpaired) electrons. The zero-order valence-electron chi connectivity index (χ0n) is 11.5. The molecule has 1 unspecified atom stereocenters. The van der Waals surface area contributed by atoms with Crippen LogP contribution in [0.3, 0.4) is 0 Å². The number of likely N-dealkylation sites (tertiary alicyclic amines) is 1. The van der Waals surface area contributed by atoms with Crippen molar-refractivity contribution in [1.29, 1.82) is 0 Å². The lowest BCUT2D eigenvalue weighted by Gasteiger charge is -2.32. The van der Waals surface area contributed by atoms with Crippen molar-refractivity contribution in [3.63, 3.8) is 0 Å². The normalized spacial score (nSPS) is 19.5. The van der Waals surface area contributed by atoms with Gasteiger partial charge in [0.25, 0.3) is 5.91 Å². The maximum absolute atomic E-state index is 12.4. The lowest BCUT2D eigenvalue weighted by Crippen LogP contribution is -2.43. The van der Waals surface area contributed by atoms with E-state index >= 15 is 0 Å². The smallest absolute Gasteiger partial charge is 0.253 e. The van der Waals surface area contributed by atoms with Crippen LogP contribution < -0.4 is 5.73 Å². The quantitative estimate of drug-likeness (QED) is 0.900. The molecule has 0 saturated carbocycles. The van der Waals surface area contributed by atoms with Crippen molar-refractivity contribution in [3.8, 4) is 0 Å². The van der Waals surface area contributed by atoms with E-state index < -0.39 is 0 Å². The molecule has 1 amide bonds. The number of hydrogen-bond acceptors (Lipinski definition) is 3. The topological polar surface area (TPSA) is 55.6 Å². The molecule has 0 spiro atoms. The van der Waals surface area contributed by atoms with Crippen molar-refractivity contribution in [1.82, 2.24) is 4.90 Å². The summed E-state index contributed by atoms with van der Waals surface area (Å²) in [4.78, 5) is 14.3. The van der Waals surface area contributed by atoms with Gasteiger partial charge in [-0.05, 0) is 37.5 Å². The van der Waals surface area contributed by atoms with Crippen LogP contribution in [0.25, 0.3) is 0 Å². The summed E-state index contributed by atoms with van der Waals surface area (Å²) in [6.45, 7) is 4.67. The molecule has 1 atom stereocenters. The first-order chi connectivity index (χ1) is 9.24. The van der Waals surface area contributed by atoms with Crippen molar-refractivity contribution < 1.29 is 9.53 Å². The van der Waals surface area contributed by atoms with Gasteiger partial charge in [-0.15, -0.1) is 0 Å². The Morgan fingerprint density at radius 3 is 3.11 bits per heavy atom. The second-order valence-electron chi connectivity index (χ2n) is 4.88. The largest absolute Gasteiger partial charge is 0.377 e. The highest BCUT2D eigenvalue weighted by Crippen LogP contribution is 2.16. The molecule has 19 heavy (non-hydrogen) atoms. The predicted molar refractivity (Wildman–Crippen MR) is 74.9 cm³/mol. The highest BCUT2D eigenvalue weighted by Gasteiger charge is 2.24. The number of nitrogens with zero attached hydrogens (tertiary/aromatic N) is 1. The van der Waals surface area contributed by atoms with E-state index in [1.807, 2.05) is 36.1 Å². The molecule has 2 N–H and O–H groups in total. The van der Waals surface area contributed by atoms with Gasteiger partial charge >= 0.3 is 0 Å². The molecule has 1 aromatic carbocycles. The molecule has 0 aromatic heterocycles. The third-order valence-corrected chi connectivity index (χ3v) is 3.48. The van der Waals surface area contributed by atoms with E-state index in [-0.39, 0.29) is 12.0 Å². The predicted octanol–water partition coefficient (Wildman–Crippen LogP) is 1.79. The summed E-state index contributed by atoms with van der Waals surface area (Å²) >= 11 is 0. The molecule has 1 fully saturated rings. The highest BCUT2D eigenvalue weighted by atomic mass is 16.5. The number of carbonyl (C=O) groups is 1. The molecule has 104 valence electrons. The summed E-state index contributed by atoms with van der Waals surface area (Å²) in [5.74, 6) is 0.0831. The highest BCUT2D eigenvalue weighted by molar-refractivity contribution is 5.94. The van der Waals surface area contributed by atoms with E-state index in [9.17, 15) is 4.79 Å². The van der Waals surface area contributed by atoms with Crippen LogP contribution in [0.4, 0.5) is 0 Å². The van der Waals surface area contributed by atoms with Crippen molar-refractivity contribution in [2.75, 3.05) is 19.7 Å². The average Bonchev–Trinajstić information content (AvgIpc) is 2.47. The van der Waals surface area contributed by atoms with Gasteiger partial charge in [0.05, 0.1) is 6.10 Å². The lowest BCUT2D eigenvalue weighted by atomic mass is 10.1. The maximum atomic E-state index is 12.4. The van der Waals surface area contributed by atoms with Gasteiger partial charge in [0, 0.05) is 31.8 Å². The number of benzene rings is 1. The van der Waals surface area contributed by atoms with Crippen molar-refractivity contribution in [2.45, 2.75) is 32.4 Å². The van der Waals surface area contributed by atoms with Gasteiger partial charge in [0.1, 0.15) is 0 Å². The van der Waals surface area contributed by atoms with E-state index in [1.54, 1.807) is 0 Å². The van der Waals surface area contributed by atoms with Crippen LogP contribution in [0.1, 0.15) is 35.7 Å². The Morgan fingerprint density at radius 2 is 2.37 bits per heavy atom. The van der Waals surface area contributed by atoms with Crippen LogP contribution >= 0.6 is 0 Å². The number of piperidine rings is 1. The molecule has 2 rings (SSSR count). The molecule has 1 saturated heterocycles. The minimum atomic E-state index is 0.0831. The summed E-state index contributed by atoms with van der Waals surface area (Å²) in [6, 6.07) is 7.56. The second-order valence-corrected chi connectivity index (χ2v) is 4.88. The number of carbonyl (C=O) groups excluding carboxylic acids is 1. The average molecular weight is 262 g/mol. The number of hydrogen-bond donors (Lipinski definition) is 1. The minimum Gasteiger partial charge on any atom is -0.377 e. The molecule has 0 aliphatic carbocycles. The van der Waals surface area contributed by atoms with Gasteiger partial charge in [0.2, 0.25) is 0 Å². The van der Waals surface area contributed by atoms with E-state index in [4.69, 9.17) is 10.5 Å². The summed E-state index contributed by atoms with van der Waals surface area (Å²) < 4.78 is 5.63. The van der Waals surface area contributed by atoms with Crippen molar-refractivity contribution >= 4 is 5.91 Å². The monoisotopic (exact) mass is 262 g/mol. The van der Waals surface area contributed by atoms with Gasteiger partial charge in [-0.2, -0.15) is 0 Å². The zero-order valence-corrected chi connectivity index (χ0v) is 11.5. The third-order valence-electron chi connectivity index (χ3n) is 3.48. The fourth-order valence-corrected chi connectivity index (χ4v) is 2.51. The summed E-state index contributed by atoms with van der Waals surface area (Å²) in [5.41, 5.74) is 7.33. The molecule has 0 bridgehead atoms. The molecular formula is C15H22N2O2. The number of amides is 1. The Labute approximate surface area is 114 Å². The Morgan fingerprint density at radius 1 is 1.53 bits per heavy atom. The zero-order chi connectivity index (χ0) is 13.7. The summed E-state index contributed by atoms with van der Waals surface area (Å²) in [5, 5.41) is 0. The minimum absolute atomic E-state index is 0.0831. The van der Waals surface area contributed by atoms with Gasteiger partial charge in [-0.25, -0.2) is 0 Å². The van der Waals surface area contributed by atoms with Gasteiger partial charge in [-0.1, -0.05) is 12.1 Å². The second kappa shape index (κ2) is 6.68. The summed E-state index contributed by atoms with van der Waals surface area (Å²) in [7, 11) is 0. The van der Waals surface area contributed by atoms with Crippen LogP contribution in [-0.4, -0.2) is 36.6 Å². The van der Waals surface area contributed by atoms with Crippen LogP contribution in [0, 0.1) is 0 Å². The van der Waals surface area contributed by atoms with E-state index in [1.165, 1.54) is 0 Å². The molecule has 4 heteroatoms. The van der Waals surface area contributed by atoms with Crippen LogP contribution in [0.15, 0.2) is 24.3 Å². The first-order valence-corrected chi connectivity index (χ1v) is 6.94. The number of nitrogens with two attached hydrogens (primary N) is 1. The van der Waals surface area contributed by atoms with E-state index in [2.05, 4.69) is 0 Å². The molecular weight excluding hydrogens is 240 g/mol. The van der Waals surface area contributed by atoms with E-state index in [0.29, 0.717) is 19.7 Å². The first-order valence-electron chi connectivity index (χ1n) is 6.94. The molecule has 4 nitrogen and oxygen atoms in total. The molecule has 1 aliphatic heterocycles. The van der Waals surface area contributed by atoms with E-state index in [0.717, 1.165) is 30.5 Å². The SMILES string of the molecule is CCOC1CCCN(C(=O)c2cccc(CN)c2)C1. The first kappa shape index (κ1) is 14.0. The maximum Gasteiger partial charge on any atom is 0.253 e. The molecule has 1 heterocycles. The van der Waals surface area contributed by atoms with Crippen LogP contribution in [0.5, 0.6) is 0 Å². The Hall–Kier alpha value is -1.39. The Kier molecular flexibility index (Phi) is 4.93. The fourth-order valence-electron chi connectivity index (χ4n) is 2.51. The third kappa shape index (κ3) is 3.55. The fraction of sp³-hybridized carbons (Fsp3) is 0.533. The standard InChI is InChI=1S/C15H22N2O2/c1-2-19-14-7-4-8-17(11-14)15(18)13-6-3-5-12(9-13)10-16/h3,5-6,9,14H,2,4,7-8,10-11,16H2,1H3. The Bertz CT molecular complexity index is 432. The van der Waals surface area contributed by atoms with Gasteiger partial charge < -0.3 is 15.4 Å². The molecule has 1 aliphatic rings.